The number of rotatable bonds is 3. The molecule has 19 heavy (non-hydrogen) atoms. The summed E-state index contributed by atoms with van der Waals surface area (Å²) in [5.41, 5.74) is 0.825. The van der Waals surface area contributed by atoms with Crippen LogP contribution < -0.4 is 0 Å². The third kappa shape index (κ3) is 2.34. The van der Waals surface area contributed by atoms with Gasteiger partial charge in [0, 0.05) is 10.4 Å². The molecule has 1 aromatic rings. The number of benzene rings is 1. The molecule has 0 saturated heterocycles. The second kappa shape index (κ2) is 5.09. The van der Waals surface area contributed by atoms with Crippen molar-refractivity contribution in [1.82, 2.24) is 0 Å². The minimum Gasteiger partial charge on any atom is -0.298 e. The van der Waals surface area contributed by atoms with Gasteiger partial charge in [-0.1, -0.05) is 40.9 Å². The van der Waals surface area contributed by atoms with Crippen molar-refractivity contribution in [1.29, 1.82) is 5.26 Å². The van der Waals surface area contributed by atoms with E-state index in [4.69, 9.17) is 0 Å². The van der Waals surface area contributed by atoms with Gasteiger partial charge in [0.05, 0.1) is 6.07 Å². The molecule has 0 heterocycles. The highest BCUT2D eigenvalue weighted by atomic mass is 79.9. The molecule has 3 unspecified atom stereocenters. The number of hydrogen-bond donors (Lipinski definition) is 0. The maximum absolute atomic E-state index is 12.6. The van der Waals surface area contributed by atoms with E-state index in [0.717, 1.165) is 10.0 Å². The smallest absolute Gasteiger partial charge is 0.158 e. The monoisotopic (exact) mass is 317 g/mol. The van der Waals surface area contributed by atoms with Crippen molar-refractivity contribution in [3.05, 3.63) is 34.3 Å². The summed E-state index contributed by atoms with van der Waals surface area (Å²) in [4.78, 5) is 12.6. The molecule has 2 aliphatic carbocycles. The Hall–Kier alpha value is -1.14. The molecule has 0 spiro atoms. The molecule has 0 aromatic heterocycles. The molecular formula is C16H16BrNO. The standard InChI is InChI=1S/C16H16BrNO/c17-11-5-3-4-10(8-11)14(9-18)16(19)15-12-6-1-2-7-13(12)15/h3-5,8,12-15H,1-2,6-7H2. The van der Waals surface area contributed by atoms with E-state index < -0.39 is 5.92 Å². The van der Waals surface area contributed by atoms with E-state index in [1.54, 1.807) is 0 Å². The fraction of sp³-hybridized carbons (Fsp3) is 0.500. The van der Waals surface area contributed by atoms with Crippen LogP contribution in [0, 0.1) is 29.1 Å². The van der Waals surface area contributed by atoms with Crippen molar-refractivity contribution < 1.29 is 4.79 Å². The van der Waals surface area contributed by atoms with Crippen LogP contribution >= 0.6 is 15.9 Å². The lowest BCUT2D eigenvalue weighted by atomic mass is 9.92. The summed E-state index contributed by atoms with van der Waals surface area (Å²) >= 11 is 3.40. The lowest BCUT2D eigenvalue weighted by Crippen LogP contribution is -2.14. The third-order valence-corrected chi connectivity index (χ3v) is 5.07. The van der Waals surface area contributed by atoms with Crippen LogP contribution in [0.15, 0.2) is 28.7 Å². The zero-order valence-electron chi connectivity index (χ0n) is 10.7. The van der Waals surface area contributed by atoms with Gasteiger partial charge >= 0.3 is 0 Å². The first-order valence-corrected chi connectivity index (χ1v) is 7.70. The lowest BCUT2D eigenvalue weighted by molar-refractivity contribution is -0.121. The van der Waals surface area contributed by atoms with Gasteiger partial charge in [0.15, 0.2) is 5.78 Å². The van der Waals surface area contributed by atoms with E-state index in [2.05, 4.69) is 22.0 Å². The van der Waals surface area contributed by atoms with Gasteiger partial charge in [0.2, 0.25) is 0 Å². The van der Waals surface area contributed by atoms with Crippen LogP contribution in [-0.4, -0.2) is 5.78 Å². The Morgan fingerprint density at radius 2 is 2.00 bits per heavy atom. The highest BCUT2D eigenvalue weighted by molar-refractivity contribution is 9.10. The molecule has 98 valence electrons. The Balaban J connectivity index is 1.80. The lowest BCUT2D eigenvalue weighted by Gasteiger charge is -2.08. The van der Waals surface area contributed by atoms with Crippen molar-refractivity contribution in [3.8, 4) is 6.07 Å². The number of nitriles is 1. The summed E-state index contributed by atoms with van der Waals surface area (Å²) in [7, 11) is 0. The normalized spacial score (nSPS) is 30.0. The molecule has 0 amide bonds. The third-order valence-electron chi connectivity index (χ3n) is 4.58. The average Bonchev–Trinajstić information content (AvgIpc) is 3.13. The van der Waals surface area contributed by atoms with Gasteiger partial charge in [-0.15, -0.1) is 0 Å². The minimum atomic E-state index is -0.590. The minimum absolute atomic E-state index is 0.150. The number of halogens is 1. The fourth-order valence-electron chi connectivity index (χ4n) is 3.60. The number of Topliss-reactive ketones (excluding diaryl/α,β-unsaturated/α-hetero) is 1. The molecule has 3 atom stereocenters. The van der Waals surface area contributed by atoms with Crippen LogP contribution in [0.2, 0.25) is 0 Å². The fourth-order valence-corrected chi connectivity index (χ4v) is 4.01. The first kappa shape index (κ1) is 12.9. The molecule has 0 N–H and O–H groups in total. The van der Waals surface area contributed by atoms with Crippen LogP contribution in [0.5, 0.6) is 0 Å². The Bertz CT molecular complexity index is 536. The Labute approximate surface area is 121 Å². The highest BCUT2D eigenvalue weighted by Gasteiger charge is 2.55. The van der Waals surface area contributed by atoms with Gasteiger partial charge in [0.1, 0.15) is 5.92 Å². The molecule has 2 saturated carbocycles. The average molecular weight is 318 g/mol. The quantitative estimate of drug-likeness (QED) is 0.843. The second-order valence-corrected chi connectivity index (χ2v) is 6.57. The number of nitrogens with zero attached hydrogens (tertiary/aromatic N) is 1. The maximum Gasteiger partial charge on any atom is 0.158 e. The Kier molecular flexibility index (Phi) is 3.45. The van der Waals surface area contributed by atoms with Crippen LogP contribution in [0.4, 0.5) is 0 Å². The van der Waals surface area contributed by atoms with Crippen LogP contribution in [0.1, 0.15) is 37.2 Å². The zero-order valence-corrected chi connectivity index (χ0v) is 12.3. The summed E-state index contributed by atoms with van der Waals surface area (Å²) in [6.07, 6.45) is 4.85. The summed E-state index contributed by atoms with van der Waals surface area (Å²) in [5.74, 6) is 0.866. The van der Waals surface area contributed by atoms with Gasteiger partial charge in [-0.3, -0.25) is 4.79 Å². The first-order chi connectivity index (χ1) is 9.22. The van der Waals surface area contributed by atoms with E-state index in [0.29, 0.717) is 11.8 Å². The van der Waals surface area contributed by atoms with Gasteiger partial charge in [-0.2, -0.15) is 5.26 Å². The predicted molar refractivity (Wildman–Crippen MR) is 76.4 cm³/mol. The van der Waals surface area contributed by atoms with Crippen molar-refractivity contribution in [2.24, 2.45) is 17.8 Å². The van der Waals surface area contributed by atoms with Crippen molar-refractivity contribution in [2.45, 2.75) is 31.6 Å². The number of fused-ring (bicyclic) bond motifs is 1. The second-order valence-electron chi connectivity index (χ2n) is 5.66. The molecule has 0 bridgehead atoms. The van der Waals surface area contributed by atoms with Gasteiger partial charge in [-0.05, 0) is 42.4 Å². The van der Waals surface area contributed by atoms with E-state index in [9.17, 15) is 10.1 Å². The topological polar surface area (TPSA) is 40.9 Å². The van der Waals surface area contributed by atoms with E-state index in [1.807, 2.05) is 24.3 Å². The number of hydrogen-bond acceptors (Lipinski definition) is 2. The van der Waals surface area contributed by atoms with Crippen molar-refractivity contribution in [2.75, 3.05) is 0 Å². The van der Waals surface area contributed by atoms with Crippen molar-refractivity contribution >= 4 is 21.7 Å². The molecule has 1 aromatic carbocycles. The SMILES string of the molecule is N#CC(C(=O)C1C2CCCCC21)c1cccc(Br)c1. The number of ketones is 1. The molecule has 0 radical (unpaired) electrons. The summed E-state index contributed by atoms with van der Waals surface area (Å²) in [5, 5.41) is 9.36. The summed E-state index contributed by atoms with van der Waals surface area (Å²) in [6.45, 7) is 0. The predicted octanol–water partition coefficient (Wildman–Crippen LogP) is 4.06. The van der Waals surface area contributed by atoms with E-state index in [1.165, 1.54) is 25.7 Å². The van der Waals surface area contributed by atoms with Gasteiger partial charge in [0.25, 0.3) is 0 Å². The molecule has 3 rings (SSSR count). The molecule has 2 nitrogen and oxygen atoms in total. The van der Waals surface area contributed by atoms with E-state index in [-0.39, 0.29) is 11.7 Å². The molecular weight excluding hydrogens is 302 g/mol. The number of carbonyl (C=O) groups excluding carboxylic acids is 1. The first-order valence-electron chi connectivity index (χ1n) is 6.91. The Morgan fingerprint density at radius 1 is 1.32 bits per heavy atom. The van der Waals surface area contributed by atoms with Crippen LogP contribution in [0.25, 0.3) is 0 Å². The van der Waals surface area contributed by atoms with Gasteiger partial charge < -0.3 is 0 Å². The molecule has 0 aliphatic heterocycles. The summed E-state index contributed by atoms with van der Waals surface area (Å²) < 4.78 is 0.922. The highest BCUT2D eigenvalue weighted by Crippen LogP contribution is 2.57. The van der Waals surface area contributed by atoms with E-state index >= 15 is 0 Å². The zero-order chi connectivity index (χ0) is 13.4. The largest absolute Gasteiger partial charge is 0.298 e. The summed E-state index contributed by atoms with van der Waals surface area (Å²) in [6, 6.07) is 9.77. The van der Waals surface area contributed by atoms with Crippen LogP contribution in [-0.2, 0) is 4.79 Å². The number of carbonyl (C=O) groups is 1. The molecule has 3 heteroatoms. The Morgan fingerprint density at radius 3 is 2.58 bits per heavy atom. The van der Waals surface area contributed by atoms with Crippen molar-refractivity contribution in [3.63, 3.8) is 0 Å². The van der Waals surface area contributed by atoms with Gasteiger partial charge in [-0.25, -0.2) is 0 Å². The maximum atomic E-state index is 12.6. The van der Waals surface area contributed by atoms with Crippen LogP contribution in [0.3, 0.4) is 0 Å². The molecule has 2 aliphatic rings. The molecule has 2 fully saturated rings.